The number of carbonyl (C=O) groups is 1. The lowest BCUT2D eigenvalue weighted by atomic mass is 9.96. The number of hydrogen-bond acceptors (Lipinski definition) is 4. The molecule has 0 aromatic heterocycles. The molecule has 7 heteroatoms. The summed E-state index contributed by atoms with van der Waals surface area (Å²) in [6.07, 6.45) is 5.10. The quantitative estimate of drug-likeness (QED) is 0.522. The van der Waals surface area contributed by atoms with Crippen LogP contribution in [0.2, 0.25) is 0 Å². The molecular weight excluding hydrogens is 301 g/mol. The largest absolute Gasteiger partial charge is 0.393 e. The van der Waals surface area contributed by atoms with Crippen LogP contribution in [-0.4, -0.2) is 28.8 Å². The number of anilines is 1. The number of hydrogen-bond donors (Lipinski definition) is 1. The van der Waals surface area contributed by atoms with Gasteiger partial charge >= 0.3 is 0 Å². The standard InChI is InChI=1S/C16H22FN3O3/c1-2-4-11-5-3-7-19(8-6-11)16(21)13-9-12(17)10-14(15(13)18)20(22)23/h9-11H,2-8,18H2,1H3. The van der Waals surface area contributed by atoms with Crippen molar-refractivity contribution in [2.75, 3.05) is 18.8 Å². The number of likely N-dealkylation sites (tertiary alicyclic amines) is 1. The van der Waals surface area contributed by atoms with Gasteiger partial charge in [-0.05, 0) is 31.2 Å². The fourth-order valence-electron chi connectivity index (χ4n) is 3.17. The van der Waals surface area contributed by atoms with Crippen molar-refractivity contribution >= 4 is 17.3 Å². The zero-order valence-electron chi connectivity index (χ0n) is 13.3. The van der Waals surface area contributed by atoms with E-state index in [9.17, 15) is 19.3 Å². The summed E-state index contributed by atoms with van der Waals surface area (Å²) in [5, 5.41) is 10.9. The highest BCUT2D eigenvalue weighted by molar-refractivity contribution is 6.01. The number of amides is 1. The summed E-state index contributed by atoms with van der Waals surface area (Å²) in [6.45, 7) is 3.29. The van der Waals surface area contributed by atoms with Crippen LogP contribution < -0.4 is 5.73 Å². The molecule has 1 atom stereocenters. The van der Waals surface area contributed by atoms with Gasteiger partial charge < -0.3 is 10.6 Å². The number of carbonyl (C=O) groups excluding carboxylic acids is 1. The first-order valence-electron chi connectivity index (χ1n) is 7.96. The number of nitro benzene ring substituents is 1. The van der Waals surface area contributed by atoms with E-state index >= 15 is 0 Å². The van der Waals surface area contributed by atoms with Crippen molar-refractivity contribution in [1.82, 2.24) is 4.90 Å². The van der Waals surface area contributed by atoms with Crippen LogP contribution in [0.25, 0.3) is 0 Å². The highest BCUT2D eigenvalue weighted by atomic mass is 19.1. The molecule has 2 rings (SSSR count). The molecule has 1 unspecified atom stereocenters. The van der Waals surface area contributed by atoms with Crippen LogP contribution in [-0.2, 0) is 0 Å². The third-order valence-electron chi connectivity index (χ3n) is 4.38. The van der Waals surface area contributed by atoms with Gasteiger partial charge in [0, 0.05) is 13.1 Å². The molecule has 0 radical (unpaired) electrons. The normalized spacial score (nSPS) is 18.5. The predicted molar refractivity (Wildman–Crippen MR) is 85.6 cm³/mol. The Kier molecular flexibility index (Phi) is 5.52. The summed E-state index contributed by atoms with van der Waals surface area (Å²) < 4.78 is 13.6. The topological polar surface area (TPSA) is 89.5 Å². The molecule has 1 amide bonds. The maximum Gasteiger partial charge on any atom is 0.295 e. The second-order valence-corrected chi connectivity index (χ2v) is 6.02. The molecule has 126 valence electrons. The van der Waals surface area contributed by atoms with Crippen molar-refractivity contribution in [2.24, 2.45) is 5.92 Å². The van der Waals surface area contributed by atoms with E-state index in [1.54, 1.807) is 4.90 Å². The van der Waals surface area contributed by atoms with E-state index in [-0.39, 0.29) is 11.3 Å². The molecule has 1 aliphatic heterocycles. The van der Waals surface area contributed by atoms with Gasteiger partial charge in [0.1, 0.15) is 11.5 Å². The molecule has 1 heterocycles. The van der Waals surface area contributed by atoms with Crippen LogP contribution in [0.1, 0.15) is 49.4 Å². The second kappa shape index (κ2) is 7.39. The minimum atomic E-state index is -0.826. The van der Waals surface area contributed by atoms with Crippen molar-refractivity contribution < 1.29 is 14.1 Å². The molecule has 2 N–H and O–H groups in total. The molecule has 1 aliphatic rings. The fraction of sp³-hybridized carbons (Fsp3) is 0.562. The van der Waals surface area contributed by atoms with Crippen molar-refractivity contribution in [2.45, 2.75) is 39.0 Å². The molecule has 0 aliphatic carbocycles. The highest BCUT2D eigenvalue weighted by Gasteiger charge is 2.26. The molecule has 0 saturated carbocycles. The highest BCUT2D eigenvalue weighted by Crippen LogP contribution is 2.29. The minimum absolute atomic E-state index is 0.120. The maximum absolute atomic E-state index is 13.6. The van der Waals surface area contributed by atoms with E-state index in [1.807, 2.05) is 0 Å². The SMILES string of the molecule is CCCC1CCCN(C(=O)c2cc(F)cc([N+](=O)[O-])c2N)CC1. The number of halogens is 1. The third kappa shape index (κ3) is 3.97. The van der Waals surface area contributed by atoms with Gasteiger partial charge in [0.15, 0.2) is 0 Å². The molecule has 1 aromatic rings. The number of nitrogens with two attached hydrogens (primary N) is 1. The lowest BCUT2D eigenvalue weighted by Crippen LogP contribution is -2.32. The lowest BCUT2D eigenvalue weighted by Gasteiger charge is -2.21. The van der Waals surface area contributed by atoms with Gasteiger partial charge in [0.2, 0.25) is 0 Å². The third-order valence-corrected chi connectivity index (χ3v) is 4.38. The fourth-order valence-corrected chi connectivity index (χ4v) is 3.17. The molecule has 1 fully saturated rings. The molecule has 1 saturated heterocycles. The van der Waals surface area contributed by atoms with Crippen LogP contribution in [0.3, 0.4) is 0 Å². The van der Waals surface area contributed by atoms with Gasteiger partial charge in [0.25, 0.3) is 11.6 Å². The Morgan fingerprint density at radius 3 is 2.83 bits per heavy atom. The van der Waals surface area contributed by atoms with E-state index in [0.29, 0.717) is 19.0 Å². The monoisotopic (exact) mass is 323 g/mol. The Labute approximate surface area is 134 Å². The zero-order chi connectivity index (χ0) is 17.0. The van der Waals surface area contributed by atoms with E-state index < -0.39 is 22.3 Å². The first-order valence-corrected chi connectivity index (χ1v) is 7.96. The Morgan fingerprint density at radius 1 is 1.43 bits per heavy atom. The van der Waals surface area contributed by atoms with Crippen molar-refractivity contribution in [3.63, 3.8) is 0 Å². The molecule has 23 heavy (non-hydrogen) atoms. The predicted octanol–water partition coefficient (Wildman–Crippen LogP) is 3.36. The molecule has 6 nitrogen and oxygen atoms in total. The van der Waals surface area contributed by atoms with E-state index in [1.165, 1.54) is 0 Å². The van der Waals surface area contributed by atoms with Gasteiger partial charge in [-0.2, -0.15) is 0 Å². The summed E-state index contributed by atoms with van der Waals surface area (Å²) in [5.41, 5.74) is 4.77. The van der Waals surface area contributed by atoms with Crippen molar-refractivity contribution in [3.05, 3.63) is 33.6 Å². The average Bonchev–Trinajstić information content (AvgIpc) is 2.74. The van der Waals surface area contributed by atoms with Crippen LogP contribution in [0.4, 0.5) is 15.8 Å². The molecule has 0 bridgehead atoms. The Balaban J connectivity index is 2.22. The van der Waals surface area contributed by atoms with Crippen LogP contribution in [0, 0.1) is 21.8 Å². The first kappa shape index (κ1) is 17.2. The van der Waals surface area contributed by atoms with Crippen molar-refractivity contribution in [3.8, 4) is 0 Å². The molecular formula is C16H22FN3O3. The number of benzene rings is 1. The summed E-state index contributed by atoms with van der Waals surface area (Å²) in [7, 11) is 0. The molecule has 1 aromatic carbocycles. The maximum atomic E-state index is 13.6. The Morgan fingerprint density at radius 2 is 2.17 bits per heavy atom. The minimum Gasteiger partial charge on any atom is -0.393 e. The zero-order valence-corrected chi connectivity index (χ0v) is 13.3. The Hall–Kier alpha value is -2.18. The van der Waals surface area contributed by atoms with Crippen LogP contribution in [0.15, 0.2) is 12.1 Å². The summed E-state index contributed by atoms with van der Waals surface area (Å²) in [4.78, 5) is 24.4. The van der Waals surface area contributed by atoms with Gasteiger partial charge in [-0.15, -0.1) is 0 Å². The van der Waals surface area contributed by atoms with E-state index in [0.717, 1.165) is 44.2 Å². The smallest absolute Gasteiger partial charge is 0.295 e. The summed E-state index contributed by atoms with van der Waals surface area (Å²) in [6, 6.07) is 1.73. The number of rotatable bonds is 4. The number of nitrogen functional groups attached to an aromatic ring is 1. The Bertz CT molecular complexity index is 606. The average molecular weight is 323 g/mol. The van der Waals surface area contributed by atoms with Crippen molar-refractivity contribution in [1.29, 1.82) is 0 Å². The number of nitro groups is 1. The second-order valence-electron chi connectivity index (χ2n) is 6.02. The summed E-state index contributed by atoms with van der Waals surface area (Å²) in [5.74, 6) is -0.660. The first-order chi connectivity index (χ1) is 10.9. The summed E-state index contributed by atoms with van der Waals surface area (Å²) >= 11 is 0. The lowest BCUT2D eigenvalue weighted by molar-refractivity contribution is -0.384. The van der Waals surface area contributed by atoms with Crippen LogP contribution in [0.5, 0.6) is 0 Å². The van der Waals surface area contributed by atoms with E-state index in [2.05, 4.69) is 6.92 Å². The van der Waals surface area contributed by atoms with Crippen LogP contribution >= 0.6 is 0 Å². The van der Waals surface area contributed by atoms with Gasteiger partial charge in [-0.25, -0.2) is 4.39 Å². The van der Waals surface area contributed by atoms with Gasteiger partial charge in [-0.1, -0.05) is 19.8 Å². The molecule has 0 spiro atoms. The van der Waals surface area contributed by atoms with Gasteiger partial charge in [0.05, 0.1) is 16.6 Å². The van der Waals surface area contributed by atoms with E-state index in [4.69, 9.17) is 5.73 Å². The van der Waals surface area contributed by atoms with Gasteiger partial charge in [-0.3, -0.25) is 14.9 Å². The number of nitrogens with zero attached hydrogens (tertiary/aromatic N) is 2.